The Morgan fingerprint density at radius 3 is 2.75 bits per heavy atom. The Bertz CT molecular complexity index is 287. The molecule has 1 heterocycles. The predicted molar refractivity (Wildman–Crippen MR) is 48.0 cm³/mol. The fourth-order valence-electron chi connectivity index (χ4n) is 1.06. The molecule has 0 bridgehead atoms. The highest BCUT2D eigenvalue weighted by Crippen LogP contribution is 2.08. The average molecular weight is 164 g/mol. The topological polar surface area (TPSA) is 56.0 Å². The van der Waals surface area contributed by atoms with Crippen LogP contribution in [-0.4, -0.2) is 10.8 Å². The summed E-state index contributed by atoms with van der Waals surface area (Å²) >= 11 is 0. The third kappa shape index (κ3) is 1.81. The highest BCUT2D eigenvalue weighted by atomic mass is 16.1. The van der Waals surface area contributed by atoms with Crippen LogP contribution < -0.4 is 5.73 Å². The second-order valence-electron chi connectivity index (χ2n) is 2.70. The lowest BCUT2D eigenvalue weighted by atomic mass is 10.1. The van der Waals surface area contributed by atoms with E-state index in [1.807, 2.05) is 13.8 Å². The summed E-state index contributed by atoms with van der Waals surface area (Å²) in [4.78, 5) is 15.2. The highest BCUT2D eigenvalue weighted by Gasteiger charge is 2.04. The molecular formula is C9H12N2O. The number of carbonyl (C=O) groups is 1. The maximum Gasteiger partial charge on any atom is 0.162 e. The van der Waals surface area contributed by atoms with Gasteiger partial charge in [-0.2, -0.15) is 0 Å². The maximum atomic E-state index is 11.2. The maximum absolute atomic E-state index is 11.2. The van der Waals surface area contributed by atoms with Gasteiger partial charge in [0.25, 0.3) is 0 Å². The highest BCUT2D eigenvalue weighted by molar-refractivity contribution is 5.96. The molecule has 3 heteroatoms. The van der Waals surface area contributed by atoms with Crippen LogP contribution in [0.5, 0.6) is 0 Å². The molecule has 1 aromatic rings. The molecule has 0 aliphatic rings. The van der Waals surface area contributed by atoms with Gasteiger partial charge in [0.2, 0.25) is 0 Å². The number of ketones is 1. The summed E-state index contributed by atoms with van der Waals surface area (Å²) < 4.78 is 0. The van der Waals surface area contributed by atoms with E-state index in [1.54, 1.807) is 12.1 Å². The Morgan fingerprint density at radius 1 is 1.58 bits per heavy atom. The van der Waals surface area contributed by atoms with Gasteiger partial charge >= 0.3 is 0 Å². The number of pyridine rings is 1. The third-order valence-corrected chi connectivity index (χ3v) is 1.62. The molecule has 64 valence electrons. The lowest BCUT2D eigenvalue weighted by Crippen LogP contribution is -2.01. The third-order valence-electron chi connectivity index (χ3n) is 1.62. The zero-order valence-corrected chi connectivity index (χ0v) is 7.29. The SMILES string of the molecule is CCC(=O)c1cc(C)nc(N)c1. The first kappa shape index (κ1) is 8.71. The molecule has 0 saturated heterocycles. The van der Waals surface area contributed by atoms with Gasteiger partial charge in [0.15, 0.2) is 5.78 Å². The number of aryl methyl sites for hydroxylation is 1. The van der Waals surface area contributed by atoms with Gasteiger partial charge in [0.05, 0.1) is 0 Å². The van der Waals surface area contributed by atoms with Crippen molar-refractivity contribution in [3.8, 4) is 0 Å². The summed E-state index contributed by atoms with van der Waals surface area (Å²) in [6.07, 6.45) is 0.503. The summed E-state index contributed by atoms with van der Waals surface area (Å²) in [5.74, 6) is 0.513. The number of carbonyl (C=O) groups excluding carboxylic acids is 1. The number of nitrogens with two attached hydrogens (primary N) is 1. The van der Waals surface area contributed by atoms with E-state index >= 15 is 0 Å². The van der Waals surface area contributed by atoms with Crippen molar-refractivity contribution in [1.29, 1.82) is 0 Å². The van der Waals surface area contributed by atoms with Gasteiger partial charge in [-0.25, -0.2) is 4.98 Å². The largest absolute Gasteiger partial charge is 0.384 e. The summed E-state index contributed by atoms with van der Waals surface area (Å²) in [6, 6.07) is 3.36. The van der Waals surface area contributed by atoms with Crippen LogP contribution in [0.2, 0.25) is 0 Å². The van der Waals surface area contributed by atoms with Crippen LogP contribution in [0.1, 0.15) is 29.4 Å². The van der Waals surface area contributed by atoms with Crippen LogP contribution in [0.25, 0.3) is 0 Å². The molecule has 2 N–H and O–H groups in total. The number of anilines is 1. The van der Waals surface area contributed by atoms with E-state index in [2.05, 4.69) is 4.98 Å². The molecule has 1 aromatic heterocycles. The second kappa shape index (κ2) is 3.34. The average Bonchev–Trinajstić information content (AvgIpc) is 2.01. The van der Waals surface area contributed by atoms with Crippen molar-refractivity contribution in [2.45, 2.75) is 20.3 Å². The Kier molecular flexibility index (Phi) is 2.43. The molecule has 0 amide bonds. The fourth-order valence-corrected chi connectivity index (χ4v) is 1.06. The van der Waals surface area contributed by atoms with Crippen LogP contribution in [0.15, 0.2) is 12.1 Å². The fraction of sp³-hybridized carbons (Fsp3) is 0.333. The number of aromatic nitrogens is 1. The molecule has 0 radical (unpaired) electrons. The first-order valence-corrected chi connectivity index (χ1v) is 3.91. The van der Waals surface area contributed by atoms with Crippen molar-refractivity contribution in [3.05, 3.63) is 23.4 Å². The van der Waals surface area contributed by atoms with E-state index in [9.17, 15) is 4.79 Å². The zero-order chi connectivity index (χ0) is 9.14. The quantitative estimate of drug-likeness (QED) is 0.675. The van der Waals surface area contributed by atoms with Gasteiger partial charge in [-0.3, -0.25) is 4.79 Å². The molecule has 0 unspecified atom stereocenters. The standard InChI is InChI=1S/C9H12N2O/c1-3-8(12)7-4-6(2)11-9(10)5-7/h4-5H,3H2,1-2H3,(H2,10,11). The molecule has 12 heavy (non-hydrogen) atoms. The van der Waals surface area contributed by atoms with Gasteiger partial charge in [-0.05, 0) is 19.1 Å². The van der Waals surface area contributed by atoms with E-state index in [1.165, 1.54) is 0 Å². The summed E-state index contributed by atoms with van der Waals surface area (Å²) in [5, 5.41) is 0. The summed E-state index contributed by atoms with van der Waals surface area (Å²) in [6.45, 7) is 3.65. The van der Waals surface area contributed by atoms with Crippen molar-refractivity contribution >= 4 is 11.6 Å². The lowest BCUT2D eigenvalue weighted by Gasteiger charge is -2.00. The van der Waals surface area contributed by atoms with Crippen molar-refractivity contribution in [1.82, 2.24) is 4.98 Å². The molecular weight excluding hydrogens is 152 g/mol. The molecule has 0 saturated carbocycles. The zero-order valence-electron chi connectivity index (χ0n) is 7.29. The summed E-state index contributed by atoms with van der Waals surface area (Å²) in [5.41, 5.74) is 6.93. The van der Waals surface area contributed by atoms with Gasteiger partial charge in [0.1, 0.15) is 5.82 Å². The van der Waals surface area contributed by atoms with E-state index in [-0.39, 0.29) is 5.78 Å². The molecule has 3 nitrogen and oxygen atoms in total. The van der Waals surface area contributed by atoms with Crippen LogP contribution in [-0.2, 0) is 0 Å². The molecule has 0 fully saturated rings. The minimum absolute atomic E-state index is 0.104. The van der Waals surface area contributed by atoms with E-state index in [4.69, 9.17) is 5.73 Å². The number of hydrogen-bond donors (Lipinski definition) is 1. The lowest BCUT2D eigenvalue weighted by molar-refractivity contribution is 0.0988. The smallest absolute Gasteiger partial charge is 0.162 e. The van der Waals surface area contributed by atoms with Crippen molar-refractivity contribution in [3.63, 3.8) is 0 Å². The minimum atomic E-state index is 0.104. The van der Waals surface area contributed by atoms with Gasteiger partial charge in [-0.1, -0.05) is 6.92 Å². The molecule has 0 aromatic carbocycles. The molecule has 0 spiro atoms. The minimum Gasteiger partial charge on any atom is -0.384 e. The van der Waals surface area contributed by atoms with Gasteiger partial charge in [0, 0.05) is 17.7 Å². The van der Waals surface area contributed by atoms with Crippen LogP contribution >= 0.6 is 0 Å². The Hall–Kier alpha value is -1.38. The summed E-state index contributed by atoms with van der Waals surface area (Å²) in [7, 11) is 0. The van der Waals surface area contributed by atoms with Crippen molar-refractivity contribution in [2.75, 3.05) is 5.73 Å². The first-order chi connectivity index (χ1) is 5.63. The monoisotopic (exact) mass is 164 g/mol. The molecule has 1 rings (SSSR count). The molecule has 0 aliphatic carbocycles. The van der Waals surface area contributed by atoms with E-state index in [0.717, 1.165) is 5.69 Å². The normalized spacial score (nSPS) is 9.83. The second-order valence-corrected chi connectivity index (χ2v) is 2.70. The Labute approximate surface area is 71.6 Å². The van der Waals surface area contributed by atoms with Crippen LogP contribution in [0, 0.1) is 6.92 Å². The predicted octanol–water partition coefficient (Wildman–Crippen LogP) is 1.56. The van der Waals surface area contributed by atoms with Crippen LogP contribution in [0.3, 0.4) is 0 Å². The first-order valence-electron chi connectivity index (χ1n) is 3.91. The number of nitrogens with zero attached hydrogens (tertiary/aromatic N) is 1. The number of nitrogen functional groups attached to an aromatic ring is 1. The number of hydrogen-bond acceptors (Lipinski definition) is 3. The number of Topliss-reactive ketones (excluding diaryl/α,β-unsaturated/α-hetero) is 1. The van der Waals surface area contributed by atoms with E-state index in [0.29, 0.717) is 17.8 Å². The van der Waals surface area contributed by atoms with Crippen molar-refractivity contribution in [2.24, 2.45) is 0 Å². The van der Waals surface area contributed by atoms with E-state index < -0.39 is 0 Å². The molecule has 0 aliphatic heterocycles. The Balaban J connectivity index is 3.08. The van der Waals surface area contributed by atoms with Crippen molar-refractivity contribution < 1.29 is 4.79 Å². The number of rotatable bonds is 2. The van der Waals surface area contributed by atoms with Gasteiger partial charge in [-0.15, -0.1) is 0 Å². The van der Waals surface area contributed by atoms with Gasteiger partial charge < -0.3 is 5.73 Å². The van der Waals surface area contributed by atoms with Crippen LogP contribution in [0.4, 0.5) is 5.82 Å². The Morgan fingerprint density at radius 2 is 2.25 bits per heavy atom. The molecule has 0 atom stereocenters.